The van der Waals surface area contributed by atoms with Gasteiger partial charge in [0.15, 0.2) is 0 Å². The minimum absolute atomic E-state index is 0.0208. The molecular weight excluding hydrogens is 236 g/mol. The van der Waals surface area contributed by atoms with E-state index in [4.69, 9.17) is 4.74 Å². The molecule has 0 heterocycles. The summed E-state index contributed by atoms with van der Waals surface area (Å²) in [6, 6.07) is 0. The lowest BCUT2D eigenvalue weighted by atomic mass is 9.71. The summed E-state index contributed by atoms with van der Waals surface area (Å²) in [4.78, 5) is 11.1. The Hall–Kier alpha value is -1.31. The lowest BCUT2D eigenvalue weighted by Crippen LogP contribution is -2.31. The Balaban J connectivity index is 2.97. The fraction of sp³-hybridized carbons (Fsp3) is 0.588. The van der Waals surface area contributed by atoms with Crippen LogP contribution in [0.1, 0.15) is 54.4 Å². The van der Waals surface area contributed by atoms with Crippen molar-refractivity contribution in [3.63, 3.8) is 0 Å². The molecule has 0 N–H and O–H groups in total. The third kappa shape index (κ3) is 4.38. The molecule has 1 aliphatic carbocycles. The summed E-state index contributed by atoms with van der Waals surface area (Å²) in [7, 11) is 0. The Bertz CT molecular complexity index is 436. The Morgan fingerprint density at radius 2 is 2.00 bits per heavy atom. The van der Waals surface area contributed by atoms with Gasteiger partial charge in [-0.2, -0.15) is 0 Å². The van der Waals surface area contributed by atoms with E-state index in [-0.39, 0.29) is 17.5 Å². The maximum Gasteiger partial charge on any atom is 0.302 e. The van der Waals surface area contributed by atoms with E-state index < -0.39 is 0 Å². The van der Waals surface area contributed by atoms with E-state index in [1.165, 1.54) is 23.6 Å². The van der Waals surface area contributed by atoms with Crippen molar-refractivity contribution in [3.8, 4) is 0 Å². The van der Waals surface area contributed by atoms with Crippen molar-refractivity contribution in [2.24, 2.45) is 5.41 Å². The molecule has 1 aliphatic rings. The molecule has 0 aromatic heterocycles. The van der Waals surface area contributed by atoms with Crippen molar-refractivity contribution in [2.45, 2.75) is 60.5 Å². The fourth-order valence-electron chi connectivity index (χ4n) is 2.78. The van der Waals surface area contributed by atoms with Crippen molar-refractivity contribution < 1.29 is 9.53 Å². The lowest BCUT2D eigenvalue weighted by molar-refractivity contribution is -0.147. The van der Waals surface area contributed by atoms with Crippen LogP contribution in [0.4, 0.5) is 0 Å². The first kappa shape index (κ1) is 15.7. The van der Waals surface area contributed by atoms with Crippen LogP contribution in [-0.4, -0.2) is 12.1 Å². The summed E-state index contributed by atoms with van der Waals surface area (Å²) < 4.78 is 5.38. The van der Waals surface area contributed by atoms with Crippen LogP contribution in [0.2, 0.25) is 0 Å². The number of carbonyl (C=O) groups excluding carboxylic acids is 1. The van der Waals surface area contributed by atoms with Crippen molar-refractivity contribution in [1.82, 2.24) is 0 Å². The van der Waals surface area contributed by atoms with Crippen molar-refractivity contribution in [3.05, 3.63) is 34.9 Å². The van der Waals surface area contributed by atoms with Crippen LogP contribution in [0.3, 0.4) is 0 Å². The molecule has 2 nitrogen and oxygen atoms in total. The smallest absolute Gasteiger partial charge is 0.302 e. The molecule has 0 bridgehead atoms. The van der Waals surface area contributed by atoms with Gasteiger partial charge in [0.25, 0.3) is 0 Å². The fourth-order valence-corrected chi connectivity index (χ4v) is 2.78. The average molecular weight is 262 g/mol. The molecule has 2 heteroatoms. The van der Waals surface area contributed by atoms with E-state index in [2.05, 4.69) is 45.9 Å². The molecule has 1 atom stereocenters. The molecule has 19 heavy (non-hydrogen) atoms. The predicted octanol–water partition coefficient (Wildman–Crippen LogP) is 4.58. The molecule has 0 saturated heterocycles. The highest BCUT2D eigenvalue weighted by Crippen LogP contribution is 2.42. The highest BCUT2D eigenvalue weighted by molar-refractivity contribution is 5.66. The Morgan fingerprint density at radius 3 is 2.47 bits per heavy atom. The molecule has 0 amide bonds. The Morgan fingerprint density at radius 1 is 1.37 bits per heavy atom. The molecule has 106 valence electrons. The van der Waals surface area contributed by atoms with Gasteiger partial charge in [0.2, 0.25) is 0 Å². The molecule has 0 radical (unpaired) electrons. The second-order valence-corrected chi connectivity index (χ2v) is 6.08. The van der Waals surface area contributed by atoms with Crippen LogP contribution in [0.25, 0.3) is 0 Å². The Kier molecular flexibility index (Phi) is 5.16. The first-order valence-electron chi connectivity index (χ1n) is 6.94. The third-order valence-electron chi connectivity index (χ3n) is 3.76. The summed E-state index contributed by atoms with van der Waals surface area (Å²) in [5.41, 5.74) is 4.01. The minimum Gasteiger partial charge on any atom is -0.462 e. The van der Waals surface area contributed by atoms with Crippen LogP contribution in [0.15, 0.2) is 34.9 Å². The zero-order valence-electron chi connectivity index (χ0n) is 13.0. The van der Waals surface area contributed by atoms with E-state index in [0.717, 1.165) is 12.8 Å². The van der Waals surface area contributed by atoms with E-state index in [9.17, 15) is 4.79 Å². The number of allylic oxidation sites excluding steroid dienone is 5. The normalized spacial score (nSPS) is 23.9. The maximum atomic E-state index is 11.1. The van der Waals surface area contributed by atoms with Gasteiger partial charge in [0.1, 0.15) is 6.10 Å². The van der Waals surface area contributed by atoms with Gasteiger partial charge in [-0.05, 0) is 38.2 Å². The van der Waals surface area contributed by atoms with Gasteiger partial charge in [-0.3, -0.25) is 4.79 Å². The summed E-state index contributed by atoms with van der Waals surface area (Å²) in [6.07, 6.45) is 8.23. The first-order valence-corrected chi connectivity index (χ1v) is 6.94. The summed E-state index contributed by atoms with van der Waals surface area (Å²) in [5, 5.41) is 0. The highest BCUT2D eigenvalue weighted by atomic mass is 16.5. The van der Waals surface area contributed by atoms with Crippen molar-refractivity contribution in [1.29, 1.82) is 0 Å². The summed E-state index contributed by atoms with van der Waals surface area (Å²) in [5.74, 6) is -0.183. The topological polar surface area (TPSA) is 26.3 Å². The molecule has 0 aromatic carbocycles. The van der Waals surface area contributed by atoms with Crippen LogP contribution >= 0.6 is 0 Å². The van der Waals surface area contributed by atoms with Gasteiger partial charge in [0.05, 0.1) is 0 Å². The molecule has 1 rings (SSSR count). The van der Waals surface area contributed by atoms with Gasteiger partial charge >= 0.3 is 5.97 Å². The summed E-state index contributed by atoms with van der Waals surface area (Å²) >= 11 is 0. The number of esters is 1. The van der Waals surface area contributed by atoms with E-state index in [0.29, 0.717) is 0 Å². The standard InChI is InChI=1S/C17H26O2/c1-7-12(2)8-9-16-13(3)10-15(19-14(4)18)11-17(16,5)6/h7-9,15H,10-11H2,1-6H3/b9-8+,12-7+/t15-/m1/s1. The molecule has 0 aliphatic heterocycles. The molecule has 0 aromatic rings. The van der Waals surface area contributed by atoms with E-state index in [1.54, 1.807) is 0 Å². The van der Waals surface area contributed by atoms with Crippen molar-refractivity contribution in [2.75, 3.05) is 0 Å². The van der Waals surface area contributed by atoms with Gasteiger partial charge in [-0.1, -0.05) is 43.2 Å². The maximum absolute atomic E-state index is 11.1. The molecule has 0 fully saturated rings. The van der Waals surface area contributed by atoms with Crippen LogP contribution in [0.5, 0.6) is 0 Å². The molecule has 0 saturated carbocycles. The highest BCUT2D eigenvalue weighted by Gasteiger charge is 2.33. The molecule has 0 spiro atoms. The largest absolute Gasteiger partial charge is 0.462 e. The molecule has 0 unspecified atom stereocenters. The average Bonchev–Trinajstić information content (AvgIpc) is 2.25. The van der Waals surface area contributed by atoms with Gasteiger partial charge in [-0.25, -0.2) is 0 Å². The zero-order chi connectivity index (χ0) is 14.6. The van der Waals surface area contributed by atoms with Crippen molar-refractivity contribution >= 4 is 5.97 Å². The van der Waals surface area contributed by atoms with Gasteiger partial charge < -0.3 is 4.74 Å². The quantitative estimate of drug-likeness (QED) is 0.550. The van der Waals surface area contributed by atoms with Crippen LogP contribution < -0.4 is 0 Å². The minimum atomic E-state index is -0.183. The second kappa shape index (κ2) is 6.23. The van der Waals surface area contributed by atoms with E-state index in [1.807, 2.05) is 6.92 Å². The SMILES string of the molecule is C/C=C(C)/C=C/C1=C(C)C[C@@H](OC(C)=O)CC1(C)C. The number of rotatable bonds is 3. The zero-order valence-corrected chi connectivity index (χ0v) is 13.0. The predicted molar refractivity (Wildman–Crippen MR) is 79.8 cm³/mol. The Labute approximate surface area is 117 Å². The van der Waals surface area contributed by atoms with Gasteiger partial charge in [0, 0.05) is 13.3 Å². The third-order valence-corrected chi connectivity index (χ3v) is 3.76. The number of hydrogen-bond donors (Lipinski definition) is 0. The number of hydrogen-bond acceptors (Lipinski definition) is 2. The van der Waals surface area contributed by atoms with E-state index >= 15 is 0 Å². The van der Waals surface area contributed by atoms with Gasteiger partial charge in [-0.15, -0.1) is 0 Å². The first-order chi connectivity index (χ1) is 8.76. The number of ether oxygens (including phenoxy) is 1. The van der Waals surface area contributed by atoms with Crippen LogP contribution in [0, 0.1) is 5.41 Å². The van der Waals surface area contributed by atoms with Crippen LogP contribution in [-0.2, 0) is 9.53 Å². The lowest BCUT2D eigenvalue weighted by Gasteiger charge is -2.37. The molecular formula is C17H26O2. The number of carbonyl (C=O) groups is 1. The summed E-state index contributed by atoms with van der Waals surface area (Å²) in [6.45, 7) is 12.2. The second-order valence-electron chi connectivity index (χ2n) is 6.08. The monoisotopic (exact) mass is 262 g/mol.